The van der Waals surface area contributed by atoms with E-state index in [4.69, 9.17) is 5.73 Å². The highest BCUT2D eigenvalue weighted by Gasteiger charge is 2.27. The first kappa shape index (κ1) is 14.7. The number of hydrogen-bond donors (Lipinski definition) is 2. The molecule has 0 bridgehead atoms. The van der Waals surface area contributed by atoms with Crippen LogP contribution in [0.25, 0.3) is 0 Å². The molecule has 3 rings (SSSR count). The molecule has 0 amide bonds. The van der Waals surface area contributed by atoms with Crippen LogP contribution in [0.15, 0.2) is 40.6 Å². The van der Waals surface area contributed by atoms with Crippen LogP contribution >= 0.6 is 11.3 Å². The Labute approximate surface area is 129 Å². The van der Waals surface area contributed by atoms with E-state index in [0.29, 0.717) is 9.77 Å². The molecule has 0 saturated carbocycles. The van der Waals surface area contributed by atoms with Gasteiger partial charge in [-0.15, -0.1) is 11.3 Å². The lowest BCUT2D eigenvalue weighted by atomic mass is 9.88. The number of rotatable bonds is 4. The number of benzene rings is 1. The Morgan fingerprint density at radius 2 is 2.10 bits per heavy atom. The van der Waals surface area contributed by atoms with Crippen molar-refractivity contribution in [1.29, 1.82) is 0 Å². The average molecular weight is 322 g/mol. The summed E-state index contributed by atoms with van der Waals surface area (Å²) in [4.78, 5) is 1.02. The van der Waals surface area contributed by atoms with Gasteiger partial charge in [0.15, 0.2) is 0 Å². The van der Waals surface area contributed by atoms with E-state index in [1.165, 1.54) is 16.9 Å². The summed E-state index contributed by atoms with van der Waals surface area (Å²) in [5.74, 6) is 0. The number of nitrogens with two attached hydrogens (primary N) is 1. The molecule has 1 aromatic heterocycles. The topological polar surface area (TPSA) is 72.2 Å². The summed E-state index contributed by atoms with van der Waals surface area (Å²) in [7, 11) is -3.52. The van der Waals surface area contributed by atoms with Gasteiger partial charge in [-0.05, 0) is 41.8 Å². The first-order valence-electron chi connectivity index (χ1n) is 6.98. The quantitative estimate of drug-likeness (QED) is 0.908. The molecule has 21 heavy (non-hydrogen) atoms. The minimum atomic E-state index is -3.52. The highest BCUT2D eigenvalue weighted by atomic mass is 32.2. The van der Waals surface area contributed by atoms with Gasteiger partial charge in [-0.1, -0.05) is 24.3 Å². The second kappa shape index (κ2) is 5.88. The standard InChI is InChI=1S/C15H18N2O2S2/c16-10-14-15(8-9-20-14)21(18,19)17-13-7-3-5-11-4-1-2-6-12(11)13/h1-2,4,6,8-9,13,17H,3,5,7,10,16H2. The Bertz CT molecular complexity index is 738. The van der Waals surface area contributed by atoms with Crippen molar-refractivity contribution in [3.05, 3.63) is 51.7 Å². The highest BCUT2D eigenvalue weighted by Crippen LogP contribution is 2.31. The minimum Gasteiger partial charge on any atom is -0.326 e. The molecule has 0 fully saturated rings. The van der Waals surface area contributed by atoms with E-state index in [2.05, 4.69) is 10.8 Å². The molecule has 0 radical (unpaired) electrons. The summed E-state index contributed by atoms with van der Waals surface area (Å²) in [5, 5.41) is 1.77. The van der Waals surface area contributed by atoms with E-state index < -0.39 is 10.0 Å². The molecule has 2 aromatic rings. The molecule has 0 aliphatic heterocycles. The van der Waals surface area contributed by atoms with Crippen LogP contribution in [0.3, 0.4) is 0 Å². The van der Waals surface area contributed by atoms with Crippen molar-refractivity contribution in [2.45, 2.75) is 36.7 Å². The van der Waals surface area contributed by atoms with Gasteiger partial charge in [0.1, 0.15) is 0 Å². The number of aryl methyl sites for hydroxylation is 1. The lowest BCUT2D eigenvalue weighted by Crippen LogP contribution is -2.31. The number of fused-ring (bicyclic) bond motifs is 1. The number of sulfonamides is 1. The van der Waals surface area contributed by atoms with Crippen molar-refractivity contribution in [1.82, 2.24) is 4.72 Å². The lowest BCUT2D eigenvalue weighted by molar-refractivity contribution is 0.507. The van der Waals surface area contributed by atoms with Gasteiger partial charge in [-0.2, -0.15) is 0 Å². The maximum absolute atomic E-state index is 12.6. The van der Waals surface area contributed by atoms with Gasteiger partial charge >= 0.3 is 0 Å². The number of nitrogens with one attached hydrogen (secondary N) is 1. The molecule has 1 aliphatic rings. The third kappa shape index (κ3) is 2.89. The van der Waals surface area contributed by atoms with Crippen LogP contribution in [-0.4, -0.2) is 8.42 Å². The maximum atomic E-state index is 12.6. The van der Waals surface area contributed by atoms with Crippen LogP contribution in [0.4, 0.5) is 0 Å². The van der Waals surface area contributed by atoms with Crippen molar-refractivity contribution in [2.24, 2.45) is 5.73 Å². The molecule has 0 spiro atoms. The SMILES string of the molecule is NCc1sccc1S(=O)(=O)NC1CCCc2ccccc21. The summed E-state index contributed by atoms with van der Waals surface area (Å²) in [6.45, 7) is 0.245. The van der Waals surface area contributed by atoms with Gasteiger partial charge in [0.25, 0.3) is 0 Å². The molecule has 1 aromatic carbocycles. The second-order valence-electron chi connectivity index (χ2n) is 5.18. The fourth-order valence-corrected chi connectivity index (χ4v) is 5.43. The molecular formula is C15H18N2O2S2. The van der Waals surface area contributed by atoms with Gasteiger partial charge < -0.3 is 5.73 Å². The van der Waals surface area contributed by atoms with E-state index in [9.17, 15) is 8.42 Å². The third-order valence-electron chi connectivity index (χ3n) is 3.85. The largest absolute Gasteiger partial charge is 0.326 e. The van der Waals surface area contributed by atoms with E-state index in [1.54, 1.807) is 11.4 Å². The lowest BCUT2D eigenvalue weighted by Gasteiger charge is -2.26. The van der Waals surface area contributed by atoms with Gasteiger partial charge in [-0.25, -0.2) is 13.1 Å². The monoisotopic (exact) mass is 322 g/mol. The van der Waals surface area contributed by atoms with Crippen LogP contribution < -0.4 is 10.5 Å². The Morgan fingerprint density at radius 3 is 2.90 bits per heavy atom. The van der Waals surface area contributed by atoms with E-state index in [1.807, 2.05) is 18.2 Å². The first-order chi connectivity index (χ1) is 10.1. The van der Waals surface area contributed by atoms with E-state index in [-0.39, 0.29) is 12.6 Å². The maximum Gasteiger partial charge on any atom is 0.242 e. The first-order valence-corrected chi connectivity index (χ1v) is 9.34. The van der Waals surface area contributed by atoms with Crippen LogP contribution in [0, 0.1) is 0 Å². The van der Waals surface area contributed by atoms with Gasteiger partial charge in [0, 0.05) is 17.5 Å². The molecule has 3 N–H and O–H groups in total. The van der Waals surface area contributed by atoms with E-state index in [0.717, 1.165) is 24.8 Å². The van der Waals surface area contributed by atoms with Crippen molar-refractivity contribution in [3.63, 3.8) is 0 Å². The molecule has 4 nitrogen and oxygen atoms in total. The Hall–Kier alpha value is -1.21. The third-order valence-corrected chi connectivity index (χ3v) is 6.48. The molecule has 0 saturated heterocycles. The van der Waals surface area contributed by atoms with Crippen molar-refractivity contribution < 1.29 is 8.42 Å². The fourth-order valence-electron chi connectivity index (χ4n) is 2.84. The van der Waals surface area contributed by atoms with Crippen LogP contribution in [0.1, 0.15) is 34.9 Å². The van der Waals surface area contributed by atoms with Crippen molar-refractivity contribution in [3.8, 4) is 0 Å². The van der Waals surface area contributed by atoms with Crippen LogP contribution in [0.2, 0.25) is 0 Å². The summed E-state index contributed by atoms with van der Waals surface area (Å²) >= 11 is 1.38. The molecule has 1 heterocycles. The van der Waals surface area contributed by atoms with Gasteiger partial charge in [0.2, 0.25) is 10.0 Å². The Balaban J connectivity index is 1.91. The molecule has 1 atom stereocenters. The van der Waals surface area contributed by atoms with Crippen LogP contribution in [-0.2, 0) is 23.0 Å². The predicted molar refractivity (Wildman–Crippen MR) is 84.7 cm³/mol. The average Bonchev–Trinajstić information content (AvgIpc) is 2.97. The normalized spacial score (nSPS) is 18.4. The van der Waals surface area contributed by atoms with Gasteiger partial charge in [0.05, 0.1) is 4.90 Å². The zero-order chi connectivity index (χ0) is 14.9. The molecule has 112 valence electrons. The summed E-state index contributed by atoms with van der Waals surface area (Å²) < 4.78 is 28.0. The van der Waals surface area contributed by atoms with E-state index >= 15 is 0 Å². The summed E-state index contributed by atoms with van der Waals surface area (Å²) in [6.07, 6.45) is 2.84. The fraction of sp³-hybridized carbons (Fsp3) is 0.333. The highest BCUT2D eigenvalue weighted by molar-refractivity contribution is 7.89. The number of hydrogen-bond acceptors (Lipinski definition) is 4. The Morgan fingerprint density at radius 1 is 1.29 bits per heavy atom. The zero-order valence-corrected chi connectivity index (χ0v) is 13.2. The predicted octanol–water partition coefficient (Wildman–Crippen LogP) is 2.56. The minimum absolute atomic E-state index is 0.148. The zero-order valence-electron chi connectivity index (χ0n) is 11.6. The number of thiophene rings is 1. The molecule has 1 unspecified atom stereocenters. The molecular weight excluding hydrogens is 304 g/mol. The summed E-state index contributed by atoms with van der Waals surface area (Å²) in [6, 6.07) is 9.53. The van der Waals surface area contributed by atoms with Gasteiger partial charge in [-0.3, -0.25) is 0 Å². The van der Waals surface area contributed by atoms with Crippen LogP contribution in [0.5, 0.6) is 0 Å². The molecule has 6 heteroatoms. The smallest absolute Gasteiger partial charge is 0.242 e. The summed E-state index contributed by atoms with van der Waals surface area (Å²) in [5.41, 5.74) is 7.95. The second-order valence-corrected chi connectivity index (χ2v) is 7.86. The van der Waals surface area contributed by atoms with Crippen molar-refractivity contribution >= 4 is 21.4 Å². The Kier molecular flexibility index (Phi) is 4.12. The molecule has 1 aliphatic carbocycles. The van der Waals surface area contributed by atoms with Crippen molar-refractivity contribution in [2.75, 3.05) is 0 Å².